The highest BCUT2D eigenvalue weighted by Crippen LogP contribution is 2.20. The molecule has 1 rings (SSSR count). The van der Waals surface area contributed by atoms with Gasteiger partial charge in [-0.05, 0) is 50.0 Å². The van der Waals surface area contributed by atoms with E-state index in [4.69, 9.17) is 7.74 Å². The lowest BCUT2D eigenvalue weighted by Crippen LogP contribution is -2.18. The molecule has 0 unspecified atom stereocenters. The van der Waals surface area contributed by atoms with Crippen LogP contribution in [0.2, 0.25) is 0 Å². The monoisotopic (exact) mass is 218 g/mol. The lowest BCUT2D eigenvalue weighted by atomic mass is 9.49. The number of hydrogen-bond acceptors (Lipinski definition) is 2. The molecule has 3 radical (unpaired) electrons. The van der Waals surface area contributed by atoms with Crippen LogP contribution in [0.3, 0.4) is 0 Å². The fraction of sp³-hybridized carbons (Fsp3) is 0.636. The van der Waals surface area contributed by atoms with Gasteiger partial charge < -0.3 is 5.32 Å². The Kier molecular flexibility index (Phi) is 6.26. The maximum absolute atomic E-state index is 5.59. The van der Waals surface area contributed by atoms with Crippen molar-refractivity contribution in [3.63, 3.8) is 0 Å². The fourth-order valence-electron chi connectivity index (χ4n) is 1.50. The fourth-order valence-corrected chi connectivity index (χ4v) is 2.04. The Bertz CT molecular complexity index is 247. The van der Waals surface area contributed by atoms with Gasteiger partial charge in [-0.2, -0.15) is 0 Å². The zero-order valence-electron chi connectivity index (χ0n) is 9.62. The molecule has 1 aliphatic rings. The number of allylic oxidation sites excluding steroid dienone is 2. The molecule has 4 heteroatoms. The number of thioether (sulfide) groups is 1. The Balaban J connectivity index is 2.38. The minimum atomic E-state index is 0.788. The Morgan fingerprint density at radius 2 is 2.33 bits per heavy atom. The summed E-state index contributed by atoms with van der Waals surface area (Å²) in [5, 5.41) is 5.70. The van der Waals surface area contributed by atoms with Gasteiger partial charge in [0.05, 0.1) is 7.17 Å². The summed E-state index contributed by atoms with van der Waals surface area (Å²) in [6.45, 7) is 3.09. The van der Waals surface area contributed by atoms with Crippen molar-refractivity contribution in [2.24, 2.45) is 0 Å². The molecule has 1 saturated carbocycles. The summed E-state index contributed by atoms with van der Waals surface area (Å²) in [5.41, 5.74) is 2.49. The van der Waals surface area contributed by atoms with E-state index < -0.39 is 0 Å². The smallest absolute Gasteiger partial charge is 0.0956 e. The molecule has 1 fully saturated rings. The first kappa shape index (κ1) is 13.0. The van der Waals surface area contributed by atoms with Gasteiger partial charge in [0, 0.05) is 13.8 Å². The van der Waals surface area contributed by atoms with Crippen LogP contribution in [0.1, 0.15) is 26.2 Å². The predicted octanol–water partition coefficient (Wildman–Crippen LogP) is 2.07. The third-order valence-corrected chi connectivity index (χ3v) is 3.05. The lowest BCUT2D eigenvalue weighted by molar-refractivity contribution is 0.683. The van der Waals surface area contributed by atoms with Crippen molar-refractivity contribution in [1.29, 1.82) is 0 Å². The predicted molar refractivity (Wildman–Crippen MR) is 72.5 cm³/mol. The van der Waals surface area contributed by atoms with Gasteiger partial charge in [0.25, 0.3) is 0 Å². The van der Waals surface area contributed by atoms with Crippen molar-refractivity contribution in [2.45, 2.75) is 32.2 Å². The van der Waals surface area contributed by atoms with E-state index in [-0.39, 0.29) is 0 Å². The quantitative estimate of drug-likeness (QED) is 0.518. The standard InChI is InChI=1S/C11H18B2NS/c1-3-11(13-12)9(8-15-2)6-7-14-10-4-5-10/h3,8,10,14H,4-7H2,1-2H3/b9-8-,11-3+. The Morgan fingerprint density at radius 3 is 2.80 bits per heavy atom. The van der Waals surface area contributed by atoms with E-state index >= 15 is 0 Å². The zero-order chi connectivity index (χ0) is 11.1. The second-order valence-corrected chi connectivity index (χ2v) is 4.47. The molecule has 0 bridgehead atoms. The van der Waals surface area contributed by atoms with E-state index in [0.29, 0.717) is 0 Å². The van der Waals surface area contributed by atoms with E-state index in [1.165, 1.54) is 18.4 Å². The summed E-state index contributed by atoms with van der Waals surface area (Å²) in [6.07, 6.45) is 7.91. The van der Waals surface area contributed by atoms with Crippen LogP contribution >= 0.6 is 11.8 Å². The molecule has 79 valence electrons. The van der Waals surface area contributed by atoms with Gasteiger partial charge in [0.15, 0.2) is 0 Å². The van der Waals surface area contributed by atoms with Crippen LogP contribution in [0.5, 0.6) is 0 Å². The van der Waals surface area contributed by atoms with Gasteiger partial charge in [0.1, 0.15) is 0 Å². The van der Waals surface area contributed by atoms with Gasteiger partial charge in [-0.25, -0.2) is 0 Å². The van der Waals surface area contributed by atoms with E-state index in [0.717, 1.165) is 24.5 Å². The second-order valence-electron chi connectivity index (χ2n) is 3.77. The molecular formula is C11H18B2NS. The van der Waals surface area contributed by atoms with Gasteiger partial charge in [0.2, 0.25) is 0 Å². The molecule has 0 heterocycles. The highest BCUT2D eigenvalue weighted by atomic mass is 32.2. The van der Waals surface area contributed by atoms with Gasteiger partial charge in [-0.1, -0.05) is 11.5 Å². The zero-order valence-corrected chi connectivity index (χ0v) is 10.4. The molecular weight excluding hydrogens is 200 g/mol. The van der Waals surface area contributed by atoms with Crippen molar-refractivity contribution in [1.82, 2.24) is 5.32 Å². The van der Waals surface area contributed by atoms with Gasteiger partial charge >= 0.3 is 0 Å². The topological polar surface area (TPSA) is 12.0 Å². The van der Waals surface area contributed by atoms with E-state index in [1.54, 1.807) is 18.9 Å². The first-order valence-electron chi connectivity index (χ1n) is 5.48. The summed E-state index contributed by atoms with van der Waals surface area (Å²) in [6, 6.07) is 0.788. The normalized spacial score (nSPS) is 18.0. The van der Waals surface area contributed by atoms with Crippen LogP contribution in [0.25, 0.3) is 0 Å². The van der Waals surface area contributed by atoms with Crippen LogP contribution < -0.4 is 5.32 Å². The van der Waals surface area contributed by atoms with Crippen molar-refractivity contribution < 1.29 is 0 Å². The molecule has 15 heavy (non-hydrogen) atoms. The SMILES string of the molecule is [B][B]C(=C/C)/C(=C\SC)CCNC1CC1. The second kappa shape index (κ2) is 7.24. The molecule has 0 aromatic rings. The Morgan fingerprint density at radius 1 is 1.60 bits per heavy atom. The van der Waals surface area contributed by atoms with E-state index in [9.17, 15) is 0 Å². The van der Waals surface area contributed by atoms with Crippen molar-refractivity contribution in [3.8, 4) is 0 Å². The third kappa shape index (κ3) is 4.98. The molecule has 0 aromatic carbocycles. The molecule has 0 aliphatic heterocycles. The summed E-state index contributed by atoms with van der Waals surface area (Å²) >= 11 is 1.74. The largest absolute Gasteiger partial charge is 0.314 e. The highest BCUT2D eigenvalue weighted by Gasteiger charge is 2.19. The molecule has 1 nitrogen and oxygen atoms in total. The number of hydrogen-bond donors (Lipinski definition) is 1. The molecule has 0 spiro atoms. The average molecular weight is 218 g/mol. The lowest BCUT2D eigenvalue weighted by Gasteiger charge is -2.10. The van der Waals surface area contributed by atoms with E-state index in [1.807, 2.05) is 6.92 Å². The molecule has 0 aromatic heterocycles. The Labute approximate surface area is 99.8 Å². The number of rotatable bonds is 7. The molecule has 1 aliphatic carbocycles. The summed E-state index contributed by atoms with van der Waals surface area (Å²) in [5.74, 6) is 0. The minimum absolute atomic E-state index is 0.788. The first-order chi connectivity index (χ1) is 7.31. The molecule has 0 amide bonds. The van der Waals surface area contributed by atoms with Crippen LogP contribution in [0, 0.1) is 0 Å². The summed E-state index contributed by atoms with van der Waals surface area (Å²) in [4.78, 5) is 0. The van der Waals surface area contributed by atoms with Crippen LogP contribution in [0.15, 0.2) is 22.5 Å². The van der Waals surface area contributed by atoms with Crippen LogP contribution in [-0.4, -0.2) is 33.7 Å². The summed E-state index contributed by atoms with van der Waals surface area (Å²) in [7, 11) is 7.29. The Hall–Kier alpha value is -0.0801. The molecule has 0 saturated heterocycles. The molecule has 0 atom stereocenters. The average Bonchev–Trinajstić information content (AvgIpc) is 3.03. The van der Waals surface area contributed by atoms with Crippen molar-refractivity contribution >= 4 is 26.7 Å². The molecule has 1 N–H and O–H groups in total. The third-order valence-electron chi connectivity index (χ3n) is 2.53. The van der Waals surface area contributed by atoms with Crippen LogP contribution in [-0.2, 0) is 0 Å². The van der Waals surface area contributed by atoms with Gasteiger partial charge in [-0.15, -0.1) is 11.8 Å². The maximum atomic E-state index is 5.59. The van der Waals surface area contributed by atoms with E-state index in [2.05, 4.69) is 23.1 Å². The van der Waals surface area contributed by atoms with Crippen molar-refractivity contribution in [2.75, 3.05) is 12.8 Å². The maximum Gasteiger partial charge on any atom is 0.0956 e. The van der Waals surface area contributed by atoms with Gasteiger partial charge in [-0.3, -0.25) is 0 Å². The number of nitrogens with one attached hydrogen (secondary N) is 1. The van der Waals surface area contributed by atoms with Crippen molar-refractivity contribution in [3.05, 3.63) is 22.5 Å². The summed E-state index contributed by atoms with van der Waals surface area (Å²) < 4.78 is 0. The highest BCUT2D eigenvalue weighted by molar-refractivity contribution is 8.01. The minimum Gasteiger partial charge on any atom is -0.314 e. The first-order valence-corrected chi connectivity index (χ1v) is 6.77. The van der Waals surface area contributed by atoms with Crippen LogP contribution in [0.4, 0.5) is 0 Å².